The van der Waals surface area contributed by atoms with Crippen molar-refractivity contribution >= 4 is 11.4 Å². The molecule has 0 radical (unpaired) electrons. The molecule has 1 aliphatic rings. The van der Waals surface area contributed by atoms with Crippen LogP contribution in [0, 0.1) is 6.92 Å². The molecule has 0 N–H and O–H groups in total. The van der Waals surface area contributed by atoms with Gasteiger partial charge in [-0.05, 0) is 98.8 Å². The van der Waals surface area contributed by atoms with Crippen LogP contribution in [0.4, 0.5) is 11.4 Å². The Morgan fingerprint density at radius 2 is 0.909 bits per heavy atom. The molecule has 8 aromatic carbocycles. The third-order valence-corrected chi connectivity index (χ3v) is 11.1. The average molecular weight is 710 g/mol. The second kappa shape index (κ2) is 15.5. The summed E-state index contributed by atoms with van der Waals surface area (Å²) in [5, 5.41) is 0. The molecule has 0 spiro atoms. The predicted molar refractivity (Wildman–Crippen MR) is 235 cm³/mol. The van der Waals surface area contributed by atoms with Gasteiger partial charge in [-0.15, -0.1) is 0 Å². The summed E-state index contributed by atoms with van der Waals surface area (Å²) in [7, 11) is 2.14. The van der Waals surface area contributed by atoms with E-state index in [4.69, 9.17) is 0 Å². The predicted octanol–water partition coefficient (Wildman–Crippen LogP) is 14.3. The summed E-state index contributed by atoms with van der Waals surface area (Å²) >= 11 is 0. The summed E-state index contributed by atoms with van der Waals surface area (Å²) in [6.07, 6.45) is 0.927. The molecule has 0 aromatic heterocycles. The number of para-hydroxylation sites is 1. The normalized spacial score (nSPS) is 12.2. The van der Waals surface area contributed by atoms with Gasteiger partial charge in [0.25, 0.3) is 0 Å². The number of benzene rings is 8. The number of fused-ring (bicyclic) bond motifs is 3. The molecule has 1 aliphatic carbocycles. The van der Waals surface area contributed by atoms with E-state index in [1.54, 1.807) is 0 Å². The minimum Gasteiger partial charge on any atom is -0.344 e. The summed E-state index contributed by atoms with van der Waals surface area (Å²) < 4.78 is 0. The Bertz CT molecular complexity index is 2510. The fourth-order valence-corrected chi connectivity index (χ4v) is 7.94. The van der Waals surface area contributed by atoms with E-state index in [1.807, 2.05) is 6.07 Å². The summed E-state index contributed by atoms with van der Waals surface area (Å²) in [4.78, 5) is 2.27. The second-order valence-corrected chi connectivity index (χ2v) is 15.1. The zero-order valence-electron chi connectivity index (χ0n) is 32.2. The molecule has 0 amide bonds. The van der Waals surface area contributed by atoms with Crippen LogP contribution in [0.2, 0.25) is 0 Å². The molecule has 0 unspecified atom stereocenters. The molecule has 1 nitrogen and oxygen atoms in total. The first-order valence-corrected chi connectivity index (χ1v) is 19.3. The Kier molecular flexibility index (Phi) is 10.0. The highest BCUT2D eigenvalue weighted by molar-refractivity contribution is 5.86. The van der Waals surface area contributed by atoms with E-state index in [-0.39, 0.29) is 5.41 Å². The van der Waals surface area contributed by atoms with Crippen LogP contribution in [0.1, 0.15) is 41.7 Å². The number of rotatable bonds is 7. The topological polar surface area (TPSA) is 3.24 Å². The van der Waals surface area contributed by atoms with Crippen LogP contribution in [-0.2, 0) is 11.8 Å². The lowest BCUT2D eigenvalue weighted by Gasteiger charge is -2.24. The van der Waals surface area contributed by atoms with E-state index in [1.165, 1.54) is 83.7 Å². The number of nitrogens with zero attached hydrogens (tertiary/aromatic N) is 1. The van der Waals surface area contributed by atoms with E-state index in [0.717, 1.165) is 6.42 Å². The largest absolute Gasteiger partial charge is 0.344 e. The van der Waals surface area contributed by atoms with Crippen molar-refractivity contribution in [3.63, 3.8) is 0 Å². The Morgan fingerprint density at radius 1 is 0.400 bits per heavy atom. The summed E-state index contributed by atoms with van der Waals surface area (Å²) in [6.45, 7) is 6.81. The molecule has 8 aromatic rings. The van der Waals surface area contributed by atoms with E-state index in [9.17, 15) is 0 Å². The molecule has 0 atom stereocenters. The highest BCUT2D eigenvalue weighted by atomic mass is 15.1. The molecule has 268 valence electrons. The van der Waals surface area contributed by atoms with Crippen LogP contribution in [0.25, 0.3) is 44.5 Å². The zero-order valence-corrected chi connectivity index (χ0v) is 32.2. The monoisotopic (exact) mass is 709 g/mol. The van der Waals surface area contributed by atoms with Crippen molar-refractivity contribution in [1.29, 1.82) is 0 Å². The number of anilines is 2. The first kappa shape index (κ1) is 35.6. The Hall–Kier alpha value is -6.44. The lowest BCUT2D eigenvalue weighted by molar-refractivity contribution is 0.659. The fraction of sp³-hybridized carbons (Fsp3) is 0.111. The van der Waals surface area contributed by atoms with Gasteiger partial charge in [0.1, 0.15) is 0 Å². The lowest BCUT2D eigenvalue weighted by Crippen LogP contribution is -2.15. The van der Waals surface area contributed by atoms with Crippen molar-refractivity contribution in [2.24, 2.45) is 0 Å². The molecule has 0 aliphatic heterocycles. The van der Waals surface area contributed by atoms with Gasteiger partial charge in [0.2, 0.25) is 0 Å². The van der Waals surface area contributed by atoms with E-state index >= 15 is 0 Å². The van der Waals surface area contributed by atoms with Crippen molar-refractivity contribution in [3.05, 3.63) is 228 Å². The number of aryl methyl sites for hydroxylation is 1. The molecule has 55 heavy (non-hydrogen) atoms. The average Bonchev–Trinajstić information content (AvgIpc) is 3.47. The fourth-order valence-electron chi connectivity index (χ4n) is 7.94. The molecular weight excluding hydrogens is 663 g/mol. The molecule has 0 heterocycles. The maximum absolute atomic E-state index is 2.43. The molecule has 1 heteroatoms. The minimum atomic E-state index is 0.0308. The molecule has 9 rings (SSSR count). The third-order valence-electron chi connectivity index (χ3n) is 11.1. The minimum absolute atomic E-state index is 0.0308. The summed E-state index contributed by atoms with van der Waals surface area (Å²) in [5.74, 6) is 0. The van der Waals surface area contributed by atoms with E-state index in [2.05, 4.69) is 227 Å². The van der Waals surface area contributed by atoms with Crippen LogP contribution in [0.5, 0.6) is 0 Å². The van der Waals surface area contributed by atoms with Crippen LogP contribution in [0.3, 0.4) is 0 Å². The number of hydrogen-bond acceptors (Lipinski definition) is 1. The highest BCUT2D eigenvalue weighted by Crippen LogP contribution is 2.48. The van der Waals surface area contributed by atoms with Gasteiger partial charge in [-0.1, -0.05) is 195 Å². The van der Waals surface area contributed by atoms with Gasteiger partial charge in [-0.2, -0.15) is 0 Å². The Morgan fingerprint density at radius 3 is 1.60 bits per heavy atom. The summed E-state index contributed by atoms with van der Waals surface area (Å²) in [6, 6.07) is 72.1. The smallest absolute Gasteiger partial charge is 0.0488 e. The van der Waals surface area contributed by atoms with Gasteiger partial charge < -0.3 is 4.90 Å². The quantitative estimate of drug-likeness (QED) is 0.159. The van der Waals surface area contributed by atoms with Crippen LogP contribution in [-0.4, -0.2) is 7.05 Å². The van der Waals surface area contributed by atoms with Crippen molar-refractivity contribution in [1.82, 2.24) is 0 Å². The SMILES string of the molecule is CN(c1ccccc1)c1ccc(-c2ccc(Cc3ccc4c(c3)C(C)(C)c3ccccc3-4)cc2)cc1-c1ccccc1.Cc1ccc(-c2ccccc2)cc1. The Labute approximate surface area is 327 Å². The molecular formula is C54H47N. The standard InChI is InChI=1S/C41H35N.C13H12/c1-41(2)38-17-11-10-16-35(38)36-24-20-30(27-39(36)41)26-29-18-21-31(22-19-29)33-23-25-40(42(3)34-14-8-5-9-15-34)37(28-33)32-12-6-4-7-13-32;1-11-7-9-13(10-8-11)12-5-3-2-4-6-12/h4-25,27-28H,26H2,1-3H3;2-10H,1H3. The van der Waals surface area contributed by atoms with Crippen molar-refractivity contribution in [2.45, 2.75) is 32.6 Å². The van der Waals surface area contributed by atoms with Crippen molar-refractivity contribution in [2.75, 3.05) is 11.9 Å². The maximum atomic E-state index is 2.43. The van der Waals surface area contributed by atoms with Gasteiger partial charge in [0.15, 0.2) is 0 Å². The van der Waals surface area contributed by atoms with Crippen LogP contribution >= 0.6 is 0 Å². The first-order valence-electron chi connectivity index (χ1n) is 19.3. The van der Waals surface area contributed by atoms with Gasteiger partial charge in [-0.3, -0.25) is 0 Å². The summed E-state index contributed by atoms with van der Waals surface area (Å²) in [5.41, 5.74) is 19.5. The third kappa shape index (κ3) is 7.52. The Balaban J connectivity index is 0.000000277. The van der Waals surface area contributed by atoms with Crippen molar-refractivity contribution in [3.8, 4) is 44.5 Å². The molecule has 0 saturated heterocycles. The molecule has 0 fully saturated rings. The van der Waals surface area contributed by atoms with Gasteiger partial charge in [-0.25, -0.2) is 0 Å². The first-order chi connectivity index (χ1) is 26.8. The van der Waals surface area contributed by atoms with Crippen LogP contribution in [0.15, 0.2) is 200 Å². The molecule has 0 saturated carbocycles. The lowest BCUT2D eigenvalue weighted by atomic mass is 9.81. The van der Waals surface area contributed by atoms with Crippen molar-refractivity contribution < 1.29 is 0 Å². The molecule has 0 bridgehead atoms. The van der Waals surface area contributed by atoms with Crippen LogP contribution < -0.4 is 4.90 Å². The number of hydrogen-bond donors (Lipinski definition) is 0. The van der Waals surface area contributed by atoms with E-state index in [0.29, 0.717) is 0 Å². The van der Waals surface area contributed by atoms with Gasteiger partial charge in [0, 0.05) is 29.4 Å². The van der Waals surface area contributed by atoms with E-state index < -0.39 is 0 Å². The van der Waals surface area contributed by atoms with Gasteiger partial charge in [0.05, 0.1) is 0 Å². The van der Waals surface area contributed by atoms with Gasteiger partial charge >= 0.3 is 0 Å². The maximum Gasteiger partial charge on any atom is 0.0488 e. The zero-order chi connectivity index (χ0) is 37.8. The highest BCUT2D eigenvalue weighted by Gasteiger charge is 2.35. The second-order valence-electron chi connectivity index (χ2n) is 15.1.